The third-order valence-electron chi connectivity index (χ3n) is 5.59. The summed E-state index contributed by atoms with van der Waals surface area (Å²) in [5.74, 6) is 0. The van der Waals surface area contributed by atoms with Crippen LogP contribution in [0.2, 0.25) is 0 Å². The van der Waals surface area contributed by atoms with Crippen LogP contribution < -0.4 is 32.7 Å². The average molecular weight is 453 g/mol. The lowest BCUT2D eigenvalue weighted by molar-refractivity contribution is -0.00512. The van der Waals surface area contributed by atoms with Gasteiger partial charge >= 0.3 is 0 Å². The van der Waals surface area contributed by atoms with Gasteiger partial charge < -0.3 is 32.3 Å². The van der Waals surface area contributed by atoms with E-state index in [1.807, 2.05) is 24.3 Å². The molecule has 1 aromatic rings. The predicted molar refractivity (Wildman–Crippen MR) is 133 cm³/mol. The van der Waals surface area contributed by atoms with Gasteiger partial charge in [0.05, 0.1) is 0 Å². The zero-order valence-corrected chi connectivity index (χ0v) is 20.3. The summed E-state index contributed by atoms with van der Waals surface area (Å²) in [5.41, 5.74) is 9.87. The largest absolute Gasteiger partial charge is 0.372 e. The molecule has 8 nitrogen and oxygen atoms in total. The quantitative estimate of drug-likeness (QED) is 0.106. The summed E-state index contributed by atoms with van der Waals surface area (Å²) < 4.78 is 0. The van der Waals surface area contributed by atoms with Crippen molar-refractivity contribution in [3.05, 3.63) is 35.4 Å². The van der Waals surface area contributed by atoms with Gasteiger partial charge in [-0.2, -0.15) is 0 Å². The second kappa shape index (κ2) is 16.5. The zero-order chi connectivity index (χ0) is 23.7. The molecule has 0 aliphatic carbocycles. The molecule has 10 N–H and O–H groups in total. The van der Waals surface area contributed by atoms with Crippen molar-refractivity contribution in [2.45, 2.75) is 63.8 Å². The van der Waals surface area contributed by atoms with Gasteiger partial charge in [-0.05, 0) is 105 Å². The predicted octanol–water partition coefficient (Wildman–Crippen LogP) is 0.633. The lowest BCUT2D eigenvalue weighted by atomic mass is 9.91. The van der Waals surface area contributed by atoms with Gasteiger partial charge in [-0.25, -0.2) is 0 Å². The maximum absolute atomic E-state index is 11.1. The van der Waals surface area contributed by atoms with Gasteiger partial charge in [0.15, 0.2) is 0 Å². The van der Waals surface area contributed by atoms with E-state index >= 15 is 0 Å². The molecule has 1 aromatic carbocycles. The first-order chi connectivity index (χ1) is 15.3. The molecule has 0 spiro atoms. The van der Waals surface area contributed by atoms with Crippen molar-refractivity contribution >= 4 is 0 Å². The first kappa shape index (κ1) is 28.9. The molecule has 1 rings (SSSR count). The maximum Gasteiger partial charge on any atom is 0.139 e. The normalized spacial score (nSPS) is 15.4. The fourth-order valence-corrected chi connectivity index (χ4v) is 3.65. The standard InChI is InChI=1S/C24H48N6O2/c1-23(31,29-19-8-7-16-27-17-9-14-26)21-11-3-4-12-22(21)24(2,32)30-20-10-18-28-15-6-5-13-25/h3-4,11-12,27-32H,5-10,13-20,25-26H2,1-2H3. The molecule has 0 aromatic heterocycles. The molecule has 0 aliphatic rings. The van der Waals surface area contributed by atoms with Gasteiger partial charge in [0.25, 0.3) is 0 Å². The van der Waals surface area contributed by atoms with Crippen LogP contribution in [0.5, 0.6) is 0 Å². The molecule has 2 atom stereocenters. The number of nitrogens with one attached hydrogen (secondary N) is 4. The van der Waals surface area contributed by atoms with Gasteiger partial charge in [0.2, 0.25) is 0 Å². The van der Waals surface area contributed by atoms with Gasteiger partial charge in [-0.15, -0.1) is 0 Å². The van der Waals surface area contributed by atoms with E-state index in [4.69, 9.17) is 11.5 Å². The van der Waals surface area contributed by atoms with Crippen LogP contribution in [-0.4, -0.2) is 62.6 Å². The van der Waals surface area contributed by atoms with E-state index in [-0.39, 0.29) is 0 Å². The van der Waals surface area contributed by atoms with E-state index in [1.54, 1.807) is 13.8 Å². The first-order valence-electron chi connectivity index (χ1n) is 12.2. The lowest BCUT2D eigenvalue weighted by Gasteiger charge is -2.34. The third-order valence-corrected chi connectivity index (χ3v) is 5.59. The molecule has 0 aliphatic heterocycles. The van der Waals surface area contributed by atoms with Crippen LogP contribution in [0.4, 0.5) is 0 Å². The summed E-state index contributed by atoms with van der Waals surface area (Å²) >= 11 is 0. The molecule has 0 radical (unpaired) electrons. The van der Waals surface area contributed by atoms with Crippen molar-refractivity contribution in [2.75, 3.05) is 52.4 Å². The molecule has 32 heavy (non-hydrogen) atoms. The Morgan fingerprint density at radius 3 is 1.56 bits per heavy atom. The van der Waals surface area contributed by atoms with E-state index in [9.17, 15) is 10.2 Å². The Balaban J connectivity index is 2.49. The van der Waals surface area contributed by atoms with E-state index in [2.05, 4.69) is 21.3 Å². The van der Waals surface area contributed by atoms with Crippen molar-refractivity contribution in [1.82, 2.24) is 21.3 Å². The second-order valence-corrected chi connectivity index (χ2v) is 8.74. The summed E-state index contributed by atoms with van der Waals surface area (Å²) in [7, 11) is 0. The van der Waals surface area contributed by atoms with Crippen molar-refractivity contribution in [3.63, 3.8) is 0 Å². The summed E-state index contributed by atoms with van der Waals surface area (Å²) in [6, 6.07) is 7.51. The number of unbranched alkanes of at least 4 members (excludes halogenated alkanes) is 2. The molecule has 0 saturated heterocycles. The van der Waals surface area contributed by atoms with Crippen LogP contribution >= 0.6 is 0 Å². The molecule has 8 heteroatoms. The monoisotopic (exact) mass is 452 g/mol. The molecule has 2 unspecified atom stereocenters. The van der Waals surface area contributed by atoms with Crippen molar-refractivity contribution in [3.8, 4) is 0 Å². The zero-order valence-electron chi connectivity index (χ0n) is 20.3. The van der Waals surface area contributed by atoms with Crippen LogP contribution in [0.1, 0.15) is 63.5 Å². The molecule has 0 amide bonds. The Morgan fingerprint density at radius 1 is 0.625 bits per heavy atom. The number of rotatable bonds is 20. The minimum absolute atomic E-state index is 0.665. The van der Waals surface area contributed by atoms with Crippen LogP contribution in [0.3, 0.4) is 0 Å². The number of aliphatic hydroxyl groups is 2. The van der Waals surface area contributed by atoms with Gasteiger partial charge in [-0.1, -0.05) is 24.3 Å². The van der Waals surface area contributed by atoms with Crippen LogP contribution in [0.15, 0.2) is 24.3 Å². The Labute approximate surface area is 194 Å². The van der Waals surface area contributed by atoms with E-state index in [1.165, 1.54) is 0 Å². The minimum Gasteiger partial charge on any atom is -0.372 e. The highest BCUT2D eigenvalue weighted by atomic mass is 16.3. The fraction of sp³-hybridized carbons (Fsp3) is 0.750. The highest BCUT2D eigenvalue weighted by molar-refractivity contribution is 5.35. The van der Waals surface area contributed by atoms with E-state index in [0.717, 1.165) is 71.2 Å². The maximum atomic E-state index is 11.1. The van der Waals surface area contributed by atoms with Gasteiger partial charge in [-0.3, -0.25) is 10.6 Å². The Hall–Kier alpha value is -1.10. The summed E-state index contributed by atoms with van der Waals surface area (Å²) in [4.78, 5) is 0. The molecule has 0 fully saturated rings. The average Bonchev–Trinajstić information content (AvgIpc) is 2.77. The molecular formula is C24H48N6O2. The molecule has 0 saturated carbocycles. The number of nitrogens with two attached hydrogens (primary N) is 2. The topological polar surface area (TPSA) is 141 Å². The van der Waals surface area contributed by atoms with Gasteiger partial charge in [0.1, 0.15) is 11.4 Å². The first-order valence-corrected chi connectivity index (χ1v) is 12.2. The number of benzene rings is 1. The van der Waals surface area contributed by atoms with Crippen LogP contribution in [-0.2, 0) is 11.4 Å². The van der Waals surface area contributed by atoms with E-state index < -0.39 is 11.4 Å². The number of hydrogen-bond donors (Lipinski definition) is 8. The fourth-order valence-electron chi connectivity index (χ4n) is 3.65. The Kier molecular flexibility index (Phi) is 14.9. The molecule has 186 valence electrons. The van der Waals surface area contributed by atoms with Crippen molar-refractivity contribution < 1.29 is 10.2 Å². The van der Waals surface area contributed by atoms with Crippen LogP contribution in [0, 0.1) is 0 Å². The Bertz CT molecular complexity index is 547. The van der Waals surface area contributed by atoms with Gasteiger partial charge in [0, 0.05) is 11.1 Å². The van der Waals surface area contributed by atoms with Crippen LogP contribution in [0.25, 0.3) is 0 Å². The van der Waals surface area contributed by atoms with E-state index in [0.29, 0.717) is 30.8 Å². The van der Waals surface area contributed by atoms with Crippen molar-refractivity contribution in [1.29, 1.82) is 0 Å². The molecular weight excluding hydrogens is 404 g/mol. The summed E-state index contributed by atoms with van der Waals surface area (Å²) in [5, 5.41) is 35.5. The smallest absolute Gasteiger partial charge is 0.139 e. The molecule has 0 heterocycles. The number of hydrogen-bond acceptors (Lipinski definition) is 8. The SMILES string of the molecule is CC(O)(NCCCCNCCCN)c1ccccc1C(C)(O)NCCCNCCCCN. The molecule has 0 bridgehead atoms. The summed E-state index contributed by atoms with van der Waals surface area (Å²) in [6.07, 6.45) is 5.98. The second-order valence-electron chi connectivity index (χ2n) is 8.74. The highest BCUT2D eigenvalue weighted by Gasteiger charge is 2.32. The Morgan fingerprint density at radius 2 is 1.03 bits per heavy atom. The minimum atomic E-state index is -1.24. The van der Waals surface area contributed by atoms with Crippen molar-refractivity contribution in [2.24, 2.45) is 11.5 Å². The highest BCUT2D eigenvalue weighted by Crippen LogP contribution is 2.29. The lowest BCUT2D eigenvalue weighted by Crippen LogP contribution is -2.46. The summed E-state index contributed by atoms with van der Waals surface area (Å²) in [6.45, 7) is 10.0. The third kappa shape index (κ3) is 11.7.